The zero-order valence-corrected chi connectivity index (χ0v) is 16.7. The molecule has 1 N–H and O–H groups in total. The van der Waals surface area contributed by atoms with Crippen LogP contribution in [0, 0.1) is 19.7 Å². The van der Waals surface area contributed by atoms with Crippen LogP contribution in [0.25, 0.3) is 5.69 Å². The van der Waals surface area contributed by atoms with Gasteiger partial charge in [-0.25, -0.2) is 9.07 Å². The van der Waals surface area contributed by atoms with Crippen LogP contribution in [0.3, 0.4) is 0 Å². The van der Waals surface area contributed by atoms with E-state index in [4.69, 9.17) is 4.74 Å². The lowest BCUT2D eigenvalue weighted by Gasteiger charge is -2.18. The number of rotatable bonds is 5. The standard InChI is InChI=1S/C22H22FN3O3/c1-13-9-10-20(29-4)16(11-13)15(3)24-22(28)21-19(27)12-14(2)26(25-21)18-8-6-5-7-17(18)23/h5-12,15H,1-4H3,(H,24,28). The zero-order valence-electron chi connectivity index (χ0n) is 16.7. The van der Waals surface area contributed by atoms with Crippen molar-refractivity contribution in [3.63, 3.8) is 0 Å². The summed E-state index contributed by atoms with van der Waals surface area (Å²) in [7, 11) is 1.55. The zero-order chi connectivity index (χ0) is 21.1. The molecule has 3 rings (SSSR count). The maximum Gasteiger partial charge on any atom is 0.276 e. The van der Waals surface area contributed by atoms with Crippen molar-refractivity contribution in [3.8, 4) is 11.4 Å². The number of methoxy groups -OCH3 is 1. The Bertz CT molecular complexity index is 1120. The Hall–Kier alpha value is -3.48. The van der Waals surface area contributed by atoms with Crippen LogP contribution in [0.15, 0.2) is 53.3 Å². The number of amides is 1. The molecule has 0 aliphatic rings. The Balaban J connectivity index is 1.96. The van der Waals surface area contributed by atoms with Gasteiger partial charge in [-0.05, 0) is 39.0 Å². The Morgan fingerprint density at radius 1 is 1.17 bits per heavy atom. The molecule has 0 saturated carbocycles. The Kier molecular flexibility index (Phi) is 5.77. The van der Waals surface area contributed by atoms with Gasteiger partial charge in [-0.1, -0.05) is 29.8 Å². The summed E-state index contributed by atoms with van der Waals surface area (Å²) >= 11 is 0. The van der Waals surface area contributed by atoms with Crippen molar-refractivity contribution in [1.82, 2.24) is 15.1 Å². The van der Waals surface area contributed by atoms with Crippen LogP contribution < -0.4 is 15.5 Å². The topological polar surface area (TPSA) is 73.2 Å². The predicted octanol–water partition coefficient (Wildman–Crippen LogP) is 3.49. The second-order valence-electron chi connectivity index (χ2n) is 6.80. The third kappa shape index (κ3) is 4.18. The largest absolute Gasteiger partial charge is 0.496 e. The minimum absolute atomic E-state index is 0.160. The van der Waals surface area contributed by atoms with Crippen molar-refractivity contribution in [1.29, 1.82) is 0 Å². The van der Waals surface area contributed by atoms with Gasteiger partial charge >= 0.3 is 0 Å². The Morgan fingerprint density at radius 2 is 1.90 bits per heavy atom. The molecule has 29 heavy (non-hydrogen) atoms. The van der Waals surface area contributed by atoms with Crippen LogP contribution in [0.1, 0.15) is 40.3 Å². The van der Waals surface area contributed by atoms with Crippen LogP contribution in [0.5, 0.6) is 5.75 Å². The number of halogens is 1. The van der Waals surface area contributed by atoms with E-state index in [-0.39, 0.29) is 11.4 Å². The molecule has 0 radical (unpaired) electrons. The number of aromatic nitrogens is 2. The van der Waals surface area contributed by atoms with E-state index in [0.29, 0.717) is 11.4 Å². The third-order valence-electron chi connectivity index (χ3n) is 4.60. The molecule has 1 unspecified atom stereocenters. The molecule has 1 heterocycles. The van der Waals surface area contributed by atoms with Crippen LogP contribution in [-0.2, 0) is 0 Å². The molecule has 1 atom stereocenters. The van der Waals surface area contributed by atoms with Crippen LogP contribution in [0.4, 0.5) is 4.39 Å². The molecule has 0 bridgehead atoms. The SMILES string of the molecule is COc1ccc(C)cc1C(C)NC(=O)c1nn(-c2ccccc2F)c(C)cc1=O. The number of carbonyl (C=O) groups excluding carboxylic acids is 1. The average Bonchev–Trinajstić information content (AvgIpc) is 2.68. The van der Waals surface area contributed by atoms with Crippen molar-refractivity contribution in [2.24, 2.45) is 0 Å². The molecule has 1 amide bonds. The average molecular weight is 395 g/mol. The van der Waals surface area contributed by atoms with Crippen molar-refractivity contribution in [2.75, 3.05) is 7.11 Å². The molecule has 0 fully saturated rings. The lowest BCUT2D eigenvalue weighted by atomic mass is 10.0. The maximum atomic E-state index is 14.2. The van der Waals surface area contributed by atoms with Gasteiger partial charge in [0.05, 0.1) is 13.2 Å². The molecule has 0 aliphatic carbocycles. The number of carbonyl (C=O) groups is 1. The molecule has 0 aliphatic heterocycles. The summed E-state index contributed by atoms with van der Waals surface area (Å²) in [5.41, 5.74) is 1.53. The molecule has 0 saturated heterocycles. The van der Waals surface area contributed by atoms with Gasteiger partial charge in [0.2, 0.25) is 5.43 Å². The number of nitrogens with zero attached hydrogens (tertiary/aromatic N) is 2. The van der Waals surface area contributed by atoms with Gasteiger partial charge in [0, 0.05) is 17.3 Å². The predicted molar refractivity (Wildman–Crippen MR) is 108 cm³/mol. The second kappa shape index (κ2) is 8.26. The summed E-state index contributed by atoms with van der Waals surface area (Å²) in [5.74, 6) is -0.517. The van der Waals surface area contributed by atoms with Crippen LogP contribution in [-0.4, -0.2) is 22.8 Å². The first-order chi connectivity index (χ1) is 13.8. The van der Waals surface area contributed by atoms with Crippen molar-refractivity contribution in [3.05, 3.63) is 87.1 Å². The van der Waals surface area contributed by atoms with Gasteiger partial charge in [-0.15, -0.1) is 0 Å². The summed E-state index contributed by atoms with van der Waals surface area (Å²) in [4.78, 5) is 25.2. The molecule has 3 aromatic rings. The fourth-order valence-electron chi connectivity index (χ4n) is 3.11. The summed E-state index contributed by atoms with van der Waals surface area (Å²) in [5, 5.41) is 6.91. The van der Waals surface area contributed by atoms with Crippen LogP contribution >= 0.6 is 0 Å². The molecular formula is C22H22FN3O3. The summed E-state index contributed by atoms with van der Waals surface area (Å²) in [6.07, 6.45) is 0. The number of hydrogen-bond donors (Lipinski definition) is 1. The molecule has 150 valence electrons. The summed E-state index contributed by atoms with van der Waals surface area (Å²) < 4.78 is 20.8. The van der Waals surface area contributed by atoms with Gasteiger partial charge in [0.1, 0.15) is 17.3 Å². The van der Waals surface area contributed by atoms with E-state index >= 15 is 0 Å². The highest BCUT2D eigenvalue weighted by Crippen LogP contribution is 2.26. The molecule has 1 aromatic heterocycles. The van der Waals surface area contributed by atoms with E-state index in [9.17, 15) is 14.0 Å². The number of aryl methyl sites for hydroxylation is 2. The molecule has 7 heteroatoms. The van der Waals surface area contributed by atoms with Gasteiger partial charge in [0.15, 0.2) is 5.69 Å². The molecular weight excluding hydrogens is 373 g/mol. The van der Waals surface area contributed by atoms with Gasteiger partial charge < -0.3 is 10.1 Å². The molecule has 0 spiro atoms. The minimum atomic E-state index is -0.642. The Labute approximate surface area is 168 Å². The van der Waals surface area contributed by atoms with E-state index in [1.165, 1.54) is 22.9 Å². The maximum absolute atomic E-state index is 14.2. The third-order valence-corrected chi connectivity index (χ3v) is 4.60. The fourth-order valence-corrected chi connectivity index (χ4v) is 3.11. The highest BCUT2D eigenvalue weighted by Gasteiger charge is 2.20. The van der Waals surface area contributed by atoms with E-state index in [0.717, 1.165) is 11.1 Å². The highest BCUT2D eigenvalue weighted by atomic mass is 19.1. The van der Waals surface area contributed by atoms with E-state index in [1.54, 1.807) is 33.1 Å². The van der Waals surface area contributed by atoms with Crippen molar-refractivity contribution in [2.45, 2.75) is 26.8 Å². The van der Waals surface area contributed by atoms with E-state index in [1.807, 2.05) is 25.1 Å². The lowest BCUT2D eigenvalue weighted by Crippen LogP contribution is -2.33. The highest BCUT2D eigenvalue weighted by molar-refractivity contribution is 5.92. The van der Waals surface area contributed by atoms with E-state index in [2.05, 4.69) is 10.4 Å². The quantitative estimate of drug-likeness (QED) is 0.718. The number of ether oxygens (including phenoxy) is 1. The fraction of sp³-hybridized carbons (Fsp3) is 0.227. The number of hydrogen-bond acceptors (Lipinski definition) is 4. The van der Waals surface area contributed by atoms with Gasteiger partial charge in [-0.3, -0.25) is 9.59 Å². The number of benzene rings is 2. The summed E-state index contributed by atoms with van der Waals surface area (Å²) in [6.45, 7) is 5.35. The lowest BCUT2D eigenvalue weighted by molar-refractivity contribution is 0.0931. The summed E-state index contributed by atoms with van der Waals surface area (Å²) in [6, 6.07) is 12.5. The van der Waals surface area contributed by atoms with Crippen LogP contribution in [0.2, 0.25) is 0 Å². The monoisotopic (exact) mass is 395 g/mol. The first kappa shape index (κ1) is 20.3. The Morgan fingerprint density at radius 3 is 2.59 bits per heavy atom. The smallest absolute Gasteiger partial charge is 0.276 e. The van der Waals surface area contributed by atoms with Crippen molar-refractivity contribution >= 4 is 5.91 Å². The number of para-hydroxylation sites is 1. The van der Waals surface area contributed by atoms with Crippen molar-refractivity contribution < 1.29 is 13.9 Å². The molecule has 2 aromatic carbocycles. The van der Waals surface area contributed by atoms with Gasteiger partial charge in [-0.2, -0.15) is 5.10 Å². The normalized spacial score (nSPS) is 11.8. The first-order valence-electron chi connectivity index (χ1n) is 9.13. The number of nitrogens with one attached hydrogen (secondary N) is 1. The minimum Gasteiger partial charge on any atom is -0.496 e. The first-order valence-corrected chi connectivity index (χ1v) is 9.13. The molecule has 6 nitrogen and oxygen atoms in total. The van der Waals surface area contributed by atoms with Gasteiger partial charge in [0.25, 0.3) is 5.91 Å². The van der Waals surface area contributed by atoms with E-state index < -0.39 is 23.2 Å². The second-order valence-corrected chi connectivity index (χ2v) is 6.80.